The third-order valence-corrected chi connectivity index (χ3v) is 5.60. The molecule has 1 aromatic rings. The average Bonchev–Trinajstić information content (AvgIpc) is 3.24. The molecule has 2 N–H and O–H groups in total. The summed E-state index contributed by atoms with van der Waals surface area (Å²) in [7, 11) is 1.75. The topological polar surface area (TPSA) is 74.8 Å². The molecule has 2 fully saturated rings. The van der Waals surface area contributed by atoms with E-state index in [2.05, 4.69) is 11.9 Å². The van der Waals surface area contributed by atoms with Crippen LogP contribution >= 0.6 is 0 Å². The van der Waals surface area contributed by atoms with Crippen molar-refractivity contribution in [1.82, 2.24) is 9.88 Å². The quantitative estimate of drug-likeness (QED) is 0.830. The van der Waals surface area contributed by atoms with Crippen LogP contribution in [0.2, 0.25) is 0 Å². The number of aryl methyl sites for hydroxylation is 1. The van der Waals surface area contributed by atoms with Gasteiger partial charge in [-0.3, -0.25) is 4.79 Å². The minimum atomic E-state index is -0.255. The van der Waals surface area contributed by atoms with Crippen LogP contribution in [0.15, 0.2) is 12.1 Å². The highest BCUT2D eigenvalue weighted by Gasteiger charge is 2.52. The fourth-order valence-electron chi connectivity index (χ4n) is 4.20. The lowest BCUT2D eigenvalue weighted by Crippen LogP contribution is -2.53. The van der Waals surface area contributed by atoms with Gasteiger partial charge >= 0.3 is 0 Å². The second kappa shape index (κ2) is 7.25. The molecule has 2 heterocycles. The summed E-state index contributed by atoms with van der Waals surface area (Å²) in [6.07, 6.45) is 4.40. The Hall–Kier alpha value is -1.37. The van der Waals surface area contributed by atoms with Crippen LogP contribution in [-0.4, -0.2) is 65.5 Å². The van der Waals surface area contributed by atoms with Crippen LogP contribution in [0.1, 0.15) is 48.8 Å². The number of hydrogen-bond acceptors (Lipinski definition) is 4. The molecule has 0 radical (unpaired) electrons. The van der Waals surface area contributed by atoms with Gasteiger partial charge in [0.2, 0.25) is 0 Å². The lowest BCUT2D eigenvalue weighted by atomic mass is 9.79. The molecule has 1 aliphatic carbocycles. The van der Waals surface area contributed by atoms with Gasteiger partial charge in [-0.1, -0.05) is 6.92 Å². The molecule has 0 bridgehead atoms. The van der Waals surface area contributed by atoms with E-state index in [9.17, 15) is 4.79 Å². The molecule has 3 rings (SSSR count). The smallest absolute Gasteiger partial charge is 0.270 e. The van der Waals surface area contributed by atoms with Crippen LogP contribution in [0, 0.1) is 0 Å². The monoisotopic (exact) mass is 336 g/mol. The van der Waals surface area contributed by atoms with Gasteiger partial charge < -0.3 is 24.5 Å². The maximum Gasteiger partial charge on any atom is 0.270 e. The molecule has 2 aliphatic rings. The minimum Gasteiger partial charge on any atom is -0.394 e. The molecule has 1 aliphatic heterocycles. The van der Waals surface area contributed by atoms with Crippen molar-refractivity contribution in [3.63, 3.8) is 0 Å². The Bertz CT molecular complexity index is 573. The fraction of sp³-hybridized carbons (Fsp3) is 0.722. The summed E-state index contributed by atoms with van der Waals surface area (Å²) in [5.41, 5.74) is 1.47. The number of H-pyrrole nitrogens is 1. The Labute approximate surface area is 143 Å². The standard InChI is InChI=1S/C18H28N2O4/c1-3-13-4-5-15(19-13)17(22)20-9-8-18(23-2)7-6-14(12-16(18)20)24-11-10-21/h4-5,14,16,19,21H,3,6-12H2,1-2H3/t14-,16+,18-/m1/s1. The van der Waals surface area contributed by atoms with E-state index >= 15 is 0 Å². The summed E-state index contributed by atoms with van der Waals surface area (Å²) in [6.45, 7) is 3.16. The molecular weight excluding hydrogens is 308 g/mol. The zero-order chi connectivity index (χ0) is 17.2. The van der Waals surface area contributed by atoms with E-state index in [0.717, 1.165) is 37.8 Å². The van der Waals surface area contributed by atoms with Crippen molar-refractivity contribution in [3.05, 3.63) is 23.5 Å². The highest BCUT2D eigenvalue weighted by molar-refractivity contribution is 5.93. The predicted octanol–water partition coefficient (Wildman–Crippen LogP) is 1.74. The molecule has 6 heteroatoms. The molecule has 0 aromatic carbocycles. The van der Waals surface area contributed by atoms with Crippen molar-refractivity contribution in [2.45, 2.75) is 56.8 Å². The number of aromatic amines is 1. The van der Waals surface area contributed by atoms with Crippen molar-refractivity contribution in [1.29, 1.82) is 0 Å². The number of amides is 1. The molecule has 134 valence electrons. The SMILES string of the molecule is CCc1ccc(C(=O)N2CC[C@]3(OC)CC[C@@H](OCCO)C[C@H]23)[nH]1. The zero-order valence-electron chi connectivity index (χ0n) is 14.6. The van der Waals surface area contributed by atoms with E-state index in [1.54, 1.807) is 7.11 Å². The van der Waals surface area contributed by atoms with E-state index in [4.69, 9.17) is 14.6 Å². The van der Waals surface area contributed by atoms with E-state index < -0.39 is 0 Å². The number of methoxy groups -OCH3 is 1. The van der Waals surface area contributed by atoms with Gasteiger partial charge in [0.1, 0.15) is 5.69 Å². The van der Waals surface area contributed by atoms with Crippen molar-refractivity contribution >= 4 is 5.91 Å². The average molecular weight is 336 g/mol. The Balaban J connectivity index is 1.77. The number of likely N-dealkylation sites (tertiary alicyclic amines) is 1. The number of aliphatic hydroxyl groups excluding tert-OH is 1. The molecule has 24 heavy (non-hydrogen) atoms. The molecular formula is C18H28N2O4. The zero-order valence-corrected chi connectivity index (χ0v) is 14.6. The minimum absolute atomic E-state index is 0.0285. The van der Waals surface area contributed by atoms with E-state index in [0.29, 0.717) is 18.8 Å². The lowest BCUT2D eigenvalue weighted by molar-refractivity contribution is -0.0992. The summed E-state index contributed by atoms with van der Waals surface area (Å²) < 4.78 is 11.6. The van der Waals surface area contributed by atoms with Gasteiger partial charge in [0.05, 0.1) is 31.0 Å². The third-order valence-electron chi connectivity index (χ3n) is 5.60. The maximum absolute atomic E-state index is 13.0. The second-order valence-corrected chi connectivity index (χ2v) is 6.77. The van der Waals surface area contributed by atoms with Crippen LogP contribution in [0.5, 0.6) is 0 Å². The van der Waals surface area contributed by atoms with Crippen LogP contribution in [0.25, 0.3) is 0 Å². The first-order valence-electron chi connectivity index (χ1n) is 8.90. The first-order valence-corrected chi connectivity index (χ1v) is 8.90. The number of nitrogens with one attached hydrogen (secondary N) is 1. The molecule has 1 amide bonds. The number of aromatic nitrogens is 1. The molecule has 1 saturated carbocycles. The first-order chi connectivity index (χ1) is 11.6. The number of carbonyl (C=O) groups excluding carboxylic acids is 1. The Kier molecular flexibility index (Phi) is 5.27. The largest absolute Gasteiger partial charge is 0.394 e. The Morgan fingerprint density at radius 3 is 2.96 bits per heavy atom. The summed E-state index contributed by atoms with van der Waals surface area (Å²) >= 11 is 0. The van der Waals surface area contributed by atoms with Crippen LogP contribution in [-0.2, 0) is 15.9 Å². The molecule has 1 aromatic heterocycles. The molecule has 6 nitrogen and oxygen atoms in total. The van der Waals surface area contributed by atoms with Crippen molar-refractivity contribution in [3.8, 4) is 0 Å². The highest BCUT2D eigenvalue weighted by atomic mass is 16.5. The summed E-state index contributed by atoms with van der Waals surface area (Å²) in [5, 5.41) is 8.98. The first kappa shape index (κ1) is 17.5. The van der Waals surface area contributed by atoms with Gasteiger partial charge in [-0.05, 0) is 44.2 Å². The number of carbonyl (C=O) groups is 1. The van der Waals surface area contributed by atoms with Gasteiger partial charge in [-0.25, -0.2) is 0 Å². The van der Waals surface area contributed by atoms with Crippen LogP contribution in [0.4, 0.5) is 0 Å². The van der Waals surface area contributed by atoms with Gasteiger partial charge in [-0.15, -0.1) is 0 Å². The summed E-state index contributed by atoms with van der Waals surface area (Å²) in [4.78, 5) is 18.1. The maximum atomic E-state index is 13.0. The van der Waals surface area contributed by atoms with E-state index in [1.807, 2.05) is 17.0 Å². The lowest BCUT2D eigenvalue weighted by Gasteiger charge is -2.43. The van der Waals surface area contributed by atoms with E-state index in [1.165, 1.54) is 0 Å². The predicted molar refractivity (Wildman–Crippen MR) is 90.0 cm³/mol. The van der Waals surface area contributed by atoms with E-state index in [-0.39, 0.29) is 30.3 Å². The van der Waals surface area contributed by atoms with Crippen LogP contribution in [0.3, 0.4) is 0 Å². The number of fused-ring (bicyclic) bond motifs is 1. The number of aliphatic hydroxyl groups is 1. The van der Waals surface area contributed by atoms with Gasteiger partial charge in [0.15, 0.2) is 0 Å². The molecule has 1 saturated heterocycles. The molecule has 3 atom stereocenters. The van der Waals surface area contributed by atoms with Crippen molar-refractivity contribution in [2.24, 2.45) is 0 Å². The van der Waals surface area contributed by atoms with Crippen molar-refractivity contribution in [2.75, 3.05) is 26.9 Å². The molecule has 0 spiro atoms. The normalized spacial score (nSPS) is 29.7. The summed E-state index contributed by atoms with van der Waals surface area (Å²) in [6, 6.07) is 3.87. The van der Waals surface area contributed by atoms with Crippen LogP contribution < -0.4 is 0 Å². The van der Waals surface area contributed by atoms with Gasteiger partial charge in [0, 0.05) is 19.3 Å². The number of nitrogens with zero attached hydrogens (tertiary/aromatic N) is 1. The third kappa shape index (κ3) is 3.10. The Morgan fingerprint density at radius 2 is 2.29 bits per heavy atom. The molecule has 0 unspecified atom stereocenters. The summed E-state index contributed by atoms with van der Waals surface area (Å²) in [5.74, 6) is 0.0430. The highest BCUT2D eigenvalue weighted by Crippen LogP contribution is 2.43. The fourth-order valence-corrected chi connectivity index (χ4v) is 4.20. The second-order valence-electron chi connectivity index (χ2n) is 6.77. The van der Waals surface area contributed by atoms with Crippen molar-refractivity contribution < 1.29 is 19.4 Å². The Morgan fingerprint density at radius 1 is 1.46 bits per heavy atom. The van der Waals surface area contributed by atoms with Gasteiger partial charge in [0.25, 0.3) is 5.91 Å². The number of rotatable bonds is 6. The number of ether oxygens (including phenoxy) is 2. The van der Waals surface area contributed by atoms with Gasteiger partial charge in [-0.2, -0.15) is 0 Å². The number of hydrogen-bond donors (Lipinski definition) is 2.